The molecule has 0 aromatic rings. The SMILES string of the molecule is [Ba+2].[Ce].[Fe].[H-].[H-].[H-].[K+].[W]. The Kier molecular flexibility index (Phi) is 139. The molecule has 0 rings (SSSR count). The minimum absolute atomic E-state index is 0. The second kappa shape index (κ2) is 22.6. The fraction of sp³-hybridized carbons (Fsp3) is 0. The summed E-state index contributed by atoms with van der Waals surface area (Å²) >= 11 is 0. The Morgan fingerprint density at radius 3 is 1.20 bits per heavy atom. The Bertz CT molecular complexity index is 19.2. The van der Waals surface area contributed by atoms with Gasteiger partial charge in [-0.3, -0.25) is 0 Å². The van der Waals surface area contributed by atoms with Crippen LogP contribution in [0.3, 0.4) is 0 Å². The molecule has 0 spiro atoms. The van der Waals surface area contributed by atoms with Crippen molar-refractivity contribution in [1.82, 2.24) is 0 Å². The molecular formula is H3BaCeFeKW. The Labute approximate surface area is 178 Å². The summed E-state index contributed by atoms with van der Waals surface area (Å²) < 4.78 is 0. The van der Waals surface area contributed by atoms with Gasteiger partial charge in [-0.1, -0.05) is 0 Å². The van der Waals surface area contributed by atoms with Crippen LogP contribution >= 0.6 is 0 Å². The first-order valence-electron chi connectivity index (χ1n) is 0. The van der Waals surface area contributed by atoms with Gasteiger partial charge in [-0.05, 0) is 0 Å². The first-order chi connectivity index (χ1) is 0. The molecule has 24 valence electrons. The largest absolute Gasteiger partial charge is 2.00 e. The van der Waals surface area contributed by atoms with Crippen LogP contribution in [-0.2, 0) is 38.1 Å². The van der Waals surface area contributed by atoms with Crippen LogP contribution in [0.4, 0.5) is 0 Å². The van der Waals surface area contributed by atoms with Gasteiger partial charge in [0.25, 0.3) is 0 Å². The predicted molar refractivity (Wildman–Crippen MR) is 9.09 cm³/mol. The molecular weight excluding hydrogens is 556 g/mol. The fourth-order valence-electron chi connectivity index (χ4n) is 0. The Balaban J connectivity index is 0. The van der Waals surface area contributed by atoms with Gasteiger partial charge < -0.3 is 4.28 Å². The van der Waals surface area contributed by atoms with Gasteiger partial charge in [-0.2, -0.15) is 0 Å². The smallest absolute Gasteiger partial charge is 1.00 e. The van der Waals surface area contributed by atoms with E-state index in [1.54, 1.807) is 0 Å². The zero-order valence-corrected chi connectivity index (χ0v) is 17.7. The molecule has 0 aliphatic rings. The minimum atomic E-state index is 0. The standard InChI is InChI=1S/Ba.Ce.Fe.K.W.3H/q+2;;;+1;;3*-1. The van der Waals surface area contributed by atoms with Crippen molar-refractivity contribution >= 4 is 48.9 Å². The molecule has 0 aromatic heterocycles. The molecule has 5 heavy (non-hydrogen) atoms. The van der Waals surface area contributed by atoms with Crippen molar-refractivity contribution < 1.29 is 136 Å². The third-order valence-electron chi connectivity index (χ3n) is 0. The van der Waals surface area contributed by atoms with Gasteiger partial charge in [0, 0.05) is 79.9 Å². The van der Waals surface area contributed by atoms with Crippen LogP contribution in [0.2, 0.25) is 0 Å². The Morgan fingerprint density at radius 2 is 1.20 bits per heavy atom. The van der Waals surface area contributed by atoms with Crippen molar-refractivity contribution in [3.05, 3.63) is 0 Å². The van der Waals surface area contributed by atoms with Crippen LogP contribution in [0.1, 0.15) is 4.28 Å². The molecule has 0 radical (unpaired) electrons. The van der Waals surface area contributed by atoms with E-state index < -0.39 is 0 Å². The number of hydrogen-bond donors (Lipinski definition) is 0. The summed E-state index contributed by atoms with van der Waals surface area (Å²) in [6, 6.07) is 0. The van der Waals surface area contributed by atoms with Crippen LogP contribution in [0.15, 0.2) is 0 Å². The summed E-state index contributed by atoms with van der Waals surface area (Å²) in [5, 5.41) is 0. The molecule has 0 fully saturated rings. The molecule has 5 heteroatoms. The van der Waals surface area contributed by atoms with E-state index in [0.29, 0.717) is 0 Å². The molecule has 0 amide bonds. The molecule has 0 atom stereocenters. The van der Waals surface area contributed by atoms with E-state index in [0.717, 1.165) is 0 Å². The maximum Gasteiger partial charge on any atom is 2.00 e. The quantitative estimate of drug-likeness (QED) is 0.277. The molecule has 0 aliphatic heterocycles. The number of hydrogen-bond acceptors (Lipinski definition) is 0. The third-order valence-corrected chi connectivity index (χ3v) is 0. The van der Waals surface area contributed by atoms with Crippen molar-refractivity contribution in [2.75, 3.05) is 0 Å². The van der Waals surface area contributed by atoms with E-state index in [9.17, 15) is 0 Å². The van der Waals surface area contributed by atoms with Crippen LogP contribution in [0.5, 0.6) is 0 Å². The van der Waals surface area contributed by atoms with Gasteiger partial charge in [0.2, 0.25) is 0 Å². The molecule has 0 aromatic carbocycles. The number of rotatable bonds is 0. The maximum absolute atomic E-state index is 0. The predicted octanol–water partition coefficient (Wildman–Crippen LogP) is -3.04. The molecule has 0 heterocycles. The summed E-state index contributed by atoms with van der Waals surface area (Å²) in [6.45, 7) is 0. The van der Waals surface area contributed by atoms with Gasteiger partial charge >= 0.3 is 100 Å². The summed E-state index contributed by atoms with van der Waals surface area (Å²) in [5.41, 5.74) is 0. The first kappa shape index (κ1) is 30.8. The molecule has 0 aliphatic carbocycles. The normalized spacial score (nSPS) is 0. The zero-order chi connectivity index (χ0) is 0. The van der Waals surface area contributed by atoms with Gasteiger partial charge in [0.15, 0.2) is 0 Å². The summed E-state index contributed by atoms with van der Waals surface area (Å²) in [7, 11) is 0. The zero-order valence-electron chi connectivity index (χ0n) is 5.97. The second-order valence-corrected chi connectivity index (χ2v) is 0. The summed E-state index contributed by atoms with van der Waals surface area (Å²) in [6.07, 6.45) is 0. The maximum atomic E-state index is 0. The van der Waals surface area contributed by atoms with Crippen molar-refractivity contribution in [1.29, 1.82) is 0 Å². The molecule has 0 bridgehead atoms. The minimum Gasteiger partial charge on any atom is -1.00 e. The second-order valence-electron chi connectivity index (χ2n) is 0. The average Bonchev–Trinajstić information content (AvgIpc) is 0. The van der Waals surface area contributed by atoms with E-state index in [1.165, 1.54) is 0 Å². The monoisotopic (exact) mass is 560 g/mol. The Morgan fingerprint density at radius 1 is 1.20 bits per heavy atom. The molecule has 0 unspecified atom stereocenters. The van der Waals surface area contributed by atoms with Crippen LogP contribution in [-0.4, -0.2) is 48.9 Å². The van der Waals surface area contributed by atoms with Crippen molar-refractivity contribution in [3.8, 4) is 0 Å². The van der Waals surface area contributed by atoms with Crippen molar-refractivity contribution in [2.45, 2.75) is 0 Å². The molecule has 0 saturated heterocycles. The molecule has 0 nitrogen and oxygen atoms in total. The third kappa shape index (κ3) is 17.7. The van der Waals surface area contributed by atoms with E-state index in [2.05, 4.69) is 0 Å². The van der Waals surface area contributed by atoms with E-state index in [-0.39, 0.29) is 184 Å². The van der Waals surface area contributed by atoms with Crippen molar-refractivity contribution in [2.24, 2.45) is 0 Å². The molecule has 0 saturated carbocycles. The van der Waals surface area contributed by atoms with Crippen LogP contribution in [0.25, 0.3) is 0 Å². The van der Waals surface area contributed by atoms with Gasteiger partial charge in [-0.15, -0.1) is 0 Å². The molecule has 0 N–H and O–H groups in total. The van der Waals surface area contributed by atoms with Gasteiger partial charge in [0.05, 0.1) is 0 Å². The van der Waals surface area contributed by atoms with E-state index >= 15 is 0 Å². The van der Waals surface area contributed by atoms with Gasteiger partial charge in [0.1, 0.15) is 0 Å². The van der Waals surface area contributed by atoms with Crippen molar-refractivity contribution in [3.63, 3.8) is 0 Å². The average molecular weight is 559 g/mol. The summed E-state index contributed by atoms with van der Waals surface area (Å²) in [5.74, 6) is 0. The van der Waals surface area contributed by atoms with Gasteiger partial charge in [-0.25, -0.2) is 0 Å². The topological polar surface area (TPSA) is 0 Å². The first-order valence-corrected chi connectivity index (χ1v) is 0. The van der Waals surface area contributed by atoms with Crippen LogP contribution in [0, 0.1) is 41.7 Å². The fourth-order valence-corrected chi connectivity index (χ4v) is 0. The van der Waals surface area contributed by atoms with Crippen LogP contribution < -0.4 is 51.4 Å². The Hall–Kier alpha value is 5.79. The van der Waals surface area contributed by atoms with E-state index in [4.69, 9.17) is 0 Å². The summed E-state index contributed by atoms with van der Waals surface area (Å²) in [4.78, 5) is 0. The van der Waals surface area contributed by atoms with E-state index in [1.807, 2.05) is 0 Å².